The summed E-state index contributed by atoms with van der Waals surface area (Å²) in [5, 5.41) is 9.80. The number of halogens is 1. The summed E-state index contributed by atoms with van der Waals surface area (Å²) < 4.78 is 23.1. The highest BCUT2D eigenvalue weighted by molar-refractivity contribution is 5.76. The van der Waals surface area contributed by atoms with Gasteiger partial charge < -0.3 is 20.3 Å². The third-order valence-corrected chi connectivity index (χ3v) is 2.44. The Balaban J connectivity index is 2.96. The van der Waals surface area contributed by atoms with Crippen molar-refractivity contribution >= 4 is 5.97 Å². The van der Waals surface area contributed by atoms with Crippen LogP contribution < -0.4 is 10.5 Å². The Bertz CT molecular complexity index is 425. The highest BCUT2D eigenvalue weighted by Gasteiger charge is 2.30. The van der Waals surface area contributed by atoms with Gasteiger partial charge in [-0.1, -0.05) is 12.1 Å². The summed E-state index contributed by atoms with van der Waals surface area (Å²) in [5.74, 6) is -1.16. The number of phenols is 1. The highest BCUT2D eigenvalue weighted by atomic mass is 19.1. The number of esters is 1. The molecule has 0 amide bonds. The fourth-order valence-electron chi connectivity index (χ4n) is 1.50. The Morgan fingerprint density at radius 2 is 2.22 bits per heavy atom. The molecule has 1 unspecified atom stereocenters. The number of hydrogen-bond acceptors (Lipinski definition) is 5. The predicted octanol–water partition coefficient (Wildman–Crippen LogP) is 1.30. The van der Waals surface area contributed by atoms with Crippen LogP contribution >= 0.6 is 0 Å². The van der Waals surface area contributed by atoms with Crippen molar-refractivity contribution in [3.8, 4) is 11.5 Å². The van der Waals surface area contributed by atoms with Gasteiger partial charge in [-0.15, -0.1) is 0 Å². The van der Waals surface area contributed by atoms with Gasteiger partial charge in [-0.05, 0) is 13.0 Å². The molecule has 1 aromatic carbocycles. The molecule has 0 aromatic heterocycles. The average molecular weight is 257 g/mol. The first-order valence-electron chi connectivity index (χ1n) is 5.45. The van der Waals surface area contributed by atoms with Crippen LogP contribution in [0.1, 0.15) is 18.5 Å². The Morgan fingerprint density at radius 1 is 1.56 bits per heavy atom. The fourth-order valence-corrected chi connectivity index (χ4v) is 1.50. The molecule has 0 bridgehead atoms. The maximum atomic E-state index is 13.7. The minimum Gasteiger partial charge on any atom is -0.504 e. The smallest absolute Gasteiger partial charge is 0.342 e. The van der Waals surface area contributed by atoms with E-state index in [0.717, 1.165) is 0 Å². The quantitative estimate of drug-likeness (QED) is 0.777. The van der Waals surface area contributed by atoms with Gasteiger partial charge in [-0.3, -0.25) is 0 Å². The lowest BCUT2D eigenvalue weighted by Crippen LogP contribution is -2.31. The molecule has 6 heteroatoms. The van der Waals surface area contributed by atoms with E-state index in [-0.39, 0.29) is 23.7 Å². The summed E-state index contributed by atoms with van der Waals surface area (Å²) in [4.78, 5) is 11.2. The minimum atomic E-state index is -2.04. The first kappa shape index (κ1) is 14.2. The maximum Gasteiger partial charge on any atom is 0.342 e. The van der Waals surface area contributed by atoms with Crippen molar-refractivity contribution in [2.45, 2.75) is 19.1 Å². The average Bonchev–Trinajstić information content (AvgIpc) is 2.37. The van der Waals surface area contributed by atoms with Gasteiger partial charge in [0.25, 0.3) is 0 Å². The fraction of sp³-hybridized carbons (Fsp3) is 0.417. The normalized spacial score (nSPS) is 13.8. The Morgan fingerprint density at radius 3 is 2.78 bits per heavy atom. The van der Waals surface area contributed by atoms with Crippen molar-refractivity contribution in [3.05, 3.63) is 23.8 Å². The number of benzene rings is 1. The lowest BCUT2D eigenvalue weighted by Gasteiger charge is -2.18. The maximum absolute atomic E-state index is 13.7. The molecule has 0 saturated carbocycles. The molecule has 1 aromatic rings. The van der Waals surface area contributed by atoms with E-state index in [4.69, 9.17) is 10.5 Å². The summed E-state index contributed by atoms with van der Waals surface area (Å²) in [6.07, 6.45) is -2.04. The monoisotopic (exact) mass is 257 g/mol. The Hall–Kier alpha value is -1.82. The van der Waals surface area contributed by atoms with E-state index in [2.05, 4.69) is 4.74 Å². The molecule has 0 heterocycles. The van der Waals surface area contributed by atoms with Gasteiger partial charge in [0.15, 0.2) is 11.5 Å². The summed E-state index contributed by atoms with van der Waals surface area (Å²) in [5.41, 5.74) is 5.70. The van der Waals surface area contributed by atoms with Crippen molar-refractivity contribution in [3.63, 3.8) is 0 Å². The molecular formula is C12H16FNO4. The number of aromatic hydroxyl groups is 1. The molecule has 0 spiro atoms. The molecule has 0 aliphatic carbocycles. The van der Waals surface area contributed by atoms with Crippen LogP contribution in [0.4, 0.5) is 4.39 Å². The largest absolute Gasteiger partial charge is 0.504 e. The van der Waals surface area contributed by atoms with Crippen LogP contribution in [0, 0.1) is 0 Å². The SMILES string of the molecule is CCOC(=O)C(F)[C@H](N)c1cccc(OC)c1O. The molecule has 0 radical (unpaired) electrons. The number of hydrogen-bond donors (Lipinski definition) is 2. The van der Waals surface area contributed by atoms with Gasteiger partial charge in [0.05, 0.1) is 19.8 Å². The van der Waals surface area contributed by atoms with E-state index in [0.29, 0.717) is 0 Å². The van der Waals surface area contributed by atoms with E-state index in [9.17, 15) is 14.3 Å². The number of ether oxygens (including phenoxy) is 2. The number of para-hydroxylation sites is 1. The third kappa shape index (κ3) is 2.89. The molecule has 2 atom stereocenters. The van der Waals surface area contributed by atoms with E-state index in [1.165, 1.54) is 19.2 Å². The number of nitrogens with two attached hydrogens (primary N) is 1. The lowest BCUT2D eigenvalue weighted by atomic mass is 10.0. The first-order valence-corrected chi connectivity index (χ1v) is 5.45. The van der Waals surface area contributed by atoms with Crippen molar-refractivity contribution in [2.24, 2.45) is 5.73 Å². The van der Waals surface area contributed by atoms with Crippen LogP contribution in [0.5, 0.6) is 11.5 Å². The number of carbonyl (C=O) groups is 1. The van der Waals surface area contributed by atoms with Crippen LogP contribution in [0.25, 0.3) is 0 Å². The van der Waals surface area contributed by atoms with Crippen molar-refractivity contribution in [1.82, 2.24) is 0 Å². The van der Waals surface area contributed by atoms with Crippen LogP contribution in [-0.4, -0.2) is 31.0 Å². The van der Waals surface area contributed by atoms with Crippen LogP contribution in [0.3, 0.4) is 0 Å². The van der Waals surface area contributed by atoms with Gasteiger partial charge in [0.1, 0.15) is 0 Å². The highest BCUT2D eigenvalue weighted by Crippen LogP contribution is 2.34. The van der Waals surface area contributed by atoms with Crippen LogP contribution in [0.15, 0.2) is 18.2 Å². The Labute approximate surface area is 104 Å². The van der Waals surface area contributed by atoms with Gasteiger partial charge in [0.2, 0.25) is 6.17 Å². The summed E-state index contributed by atoms with van der Waals surface area (Å²) in [6, 6.07) is 3.17. The number of rotatable bonds is 5. The predicted molar refractivity (Wildman–Crippen MR) is 63.1 cm³/mol. The van der Waals surface area contributed by atoms with Gasteiger partial charge >= 0.3 is 5.97 Å². The number of phenolic OH excluding ortho intramolecular Hbond substituents is 1. The van der Waals surface area contributed by atoms with Crippen molar-refractivity contribution in [2.75, 3.05) is 13.7 Å². The second-order valence-corrected chi connectivity index (χ2v) is 3.58. The van der Waals surface area contributed by atoms with Gasteiger partial charge in [0, 0.05) is 5.56 Å². The van der Waals surface area contributed by atoms with Crippen molar-refractivity contribution in [1.29, 1.82) is 0 Å². The molecule has 0 aliphatic rings. The number of alkyl halides is 1. The lowest BCUT2D eigenvalue weighted by molar-refractivity contribution is -0.149. The third-order valence-electron chi connectivity index (χ3n) is 2.44. The first-order chi connectivity index (χ1) is 8.52. The molecule has 0 fully saturated rings. The minimum absolute atomic E-state index is 0.0655. The molecule has 1 rings (SSSR count). The van der Waals surface area contributed by atoms with Gasteiger partial charge in [-0.2, -0.15) is 0 Å². The summed E-state index contributed by atoms with van der Waals surface area (Å²) >= 11 is 0. The van der Waals surface area contributed by atoms with E-state index in [1.54, 1.807) is 13.0 Å². The second kappa shape index (κ2) is 6.20. The molecule has 0 aliphatic heterocycles. The van der Waals surface area contributed by atoms with Crippen molar-refractivity contribution < 1.29 is 23.8 Å². The van der Waals surface area contributed by atoms with E-state index >= 15 is 0 Å². The van der Waals surface area contributed by atoms with Crippen LogP contribution in [0.2, 0.25) is 0 Å². The zero-order chi connectivity index (χ0) is 13.7. The molecule has 18 heavy (non-hydrogen) atoms. The van der Waals surface area contributed by atoms with E-state index in [1.807, 2.05) is 0 Å². The standard InChI is InChI=1S/C12H16FNO4/c1-3-18-12(16)9(13)10(14)7-5-4-6-8(17-2)11(7)15/h4-6,9-10,15H,3,14H2,1-2H3/t9?,10-/m1/s1. The zero-order valence-electron chi connectivity index (χ0n) is 10.2. The Kier molecular flexibility index (Phi) is 4.91. The van der Waals surface area contributed by atoms with Crippen LogP contribution in [-0.2, 0) is 9.53 Å². The molecular weight excluding hydrogens is 241 g/mol. The number of methoxy groups -OCH3 is 1. The number of carbonyl (C=O) groups excluding carboxylic acids is 1. The molecule has 5 nitrogen and oxygen atoms in total. The summed E-state index contributed by atoms with van der Waals surface area (Å²) in [6.45, 7) is 1.63. The zero-order valence-corrected chi connectivity index (χ0v) is 10.2. The molecule has 100 valence electrons. The molecule has 0 saturated heterocycles. The molecule has 3 N–H and O–H groups in total. The summed E-state index contributed by atoms with van der Waals surface area (Å²) in [7, 11) is 1.36. The van der Waals surface area contributed by atoms with Gasteiger partial charge in [-0.25, -0.2) is 9.18 Å². The van der Waals surface area contributed by atoms with E-state index < -0.39 is 18.2 Å². The topological polar surface area (TPSA) is 81.8 Å². The second-order valence-electron chi connectivity index (χ2n) is 3.58.